The van der Waals surface area contributed by atoms with E-state index in [4.69, 9.17) is 5.73 Å². The number of nitrogens with zero attached hydrogens (tertiary/aromatic N) is 2. The minimum Gasteiger partial charge on any atom is -0.480 e. The van der Waals surface area contributed by atoms with E-state index in [1.807, 2.05) is 27.7 Å². The minimum atomic E-state index is -1.47. The van der Waals surface area contributed by atoms with Crippen molar-refractivity contribution in [3.63, 3.8) is 0 Å². The summed E-state index contributed by atoms with van der Waals surface area (Å²) in [4.78, 5) is 171. The molecule has 11 amide bonds. The third-order valence-corrected chi connectivity index (χ3v) is 18.1. The van der Waals surface area contributed by atoms with Crippen LogP contribution in [0.2, 0.25) is 0 Å². The number of nitrogens with two attached hydrogens (primary N) is 1. The molecule has 2 saturated heterocycles. The molecule has 25 heteroatoms. The number of rotatable bonds is 39. The van der Waals surface area contributed by atoms with E-state index in [1.165, 1.54) is 9.80 Å². The van der Waals surface area contributed by atoms with Gasteiger partial charge < -0.3 is 68.5 Å². The van der Waals surface area contributed by atoms with Crippen LogP contribution >= 0.6 is 0 Å². The van der Waals surface area contributed by atoms with Crippen LogP contribution in [0.4, 0.5) is 0 Å². The lowest BCUT2D eigenvalue weighted by molar-refractivity contribution is -0.145. The Labute approximate surface area is 580 Å². The summed E-state index contributed by atoms with van der Waals surface area (Å²) in [5, 5.41) is 35.8. The van der Waals surface area contributed by atoms with E-state index in [2.05, 4.69) is 47.9 Å². The van der Waals surface area contributed by atoms with E-state index >= 15 is 9.59 Å². The lowest BCUT2D eigenvalue weighted by atomic mass is 9.84. The molecule has 0 aromatic heterocycles. The van der Waals surface area contributed by atoms with Crippen molar-refractivity contribution < 1.29 is 62.6 Å². The highest BCUT2D eigenvalue weighted by Gasteiger charge is 2.45. The van der Waals surface area contributed by atoms with Crippen LogP contribution in [-0.2, 0) is 57.5 Å². The molecule has 6 rings (SSSR count). The number of amides is 11. The van der Waals surface area contributed by atoms with Gasteiger partial charge in [0, 0.05) is 38.0 Å². The number of aliphatic carboxylic acids is 1. The number of carboxylic acid groups (broad SMARTS) is 1. The molecule has 0 aliphatic carbocycles. The fourth-order valence-corrected chi connectivity index (χ4v) is 12.9. The minimum absolute atomic E-state index is 0.0551. The molecule has 0 bridgehead atoms. The summed E-state index contributed by atoms with van der Waals surface area (Å²) < 4.78 is 0. The average Bonchev–Trinajstić information content (AvgIpc) is 1.77. The maximum absolute atomic E-state index is 15.5. The first-order chi connectivity index (χ1) is 47.4. The zero-order chi connectivity index (χ0) is 72.3. The highest BCUT2D eigenvalue weighted by atomic mass is 16.4. The van der Waals surface area contributed by atoms with Crippen molar-refractivity contribution in [3.05, 3.63) is 144 Å². The zero-order valence-electron chi connectivity index (χ0n) is 58.2. The van der Waals surface area contributed by atoms with Crippen LogP contribution in [-0.4, -0.2) is 173 Å². The Morgan fingerprint density at radius 3 is 1.13 bits per heavy atom. The molecule has 2 fully saturated rings. The average molecular weight is 1370 g/mol. The summed E-state index contributed by atoms with van der Waals surface area (Å²) in [5.41, 5.74) is 8.69. The quantitative estimate of drug-likeness (QED) is 0.0223. The van der Waals surface area contributed by atoms with E-state index in [1.54, 1.807) is 149 Å². The zero-order valence-corrected chi connectivity index (χ0v) is 58.2. The maximum Gasteiger partial charge on any atom is 0.327 e. The first-order valence-corrected chi connectivity index (χ1v) is 34.6. The van der Waals surface area contributed by atoms with Gasteiger partial charge in [-0.2, -0.15) is 0 Å². The molecule has 10 atom stereocenters. The molecule has 0 saturated carbocycles. The lowest BCUT2D eigenvalue weighted by Crippen LogP contribution is -2.62. The van der Waals surface area contributed by atoms with Crippen molar-refractivity contribution in [1.29, 1.82) is 0 Å². The molecule has 2 heterocycles. The molecule has 4 aromatic rings. The van der Waals surface area contributed by atoms with Gasteiger partial charge in [-0.1, -0.05) is 177 Å². The number of hydrogen-bond donors (Lipinski definition) is 11. The predicted octanol–water partition coefficient (Wildman–Crippen LogP) is 3.89. The molecule has 99 heavy (non-hydrogen) atoms. The fourth-order valence-electron chi connectivity index (χ4n) is 12.9. The van der Waals surface area contributed by atoms with Crippen molar-refractivity contribution in [2.75, 3.05) is 26.2 Å². The Bertz CT molecular complexity index is 3250. The van der Waals surface area contributed by atoms with Gasteiger partial charge in [0.25, 0.3) is 0 Å². The van der Waals surface area contributed by atoms with E-state index in [-0.39, 0.29) is 88.9 Å². The third kappa shape index (κ3) is 22.8. The van der Waals surface area contributed by atoms with Crippen molar-refractivity contribution in [1.82, 2.24) is 57.7 Å². The van der Waals surface area contributed by atoms with Gasteiger partial charge in [0.2, 0.25) is 66.0 Å². The van der Waals surface area contributed by atoms with Crippen molar-refractivity contribution >= 4 is 72.0 Å². The Hall–Kier alpha value is -9.52. The predicted molar refractivity (Wildman–Crippen MR) is 373 cm³/mol. The van der Waals surface area contributed by atoms with Crippen LogP contribution < -0.4 is 53.6 Å². The second-order valence-electron chi connectivity index (χ2n) is 27.2. The molecular weight excluding hydrogens is 1260 g/mol. The Balaban J connectivity index is 1.26. The SMILES string of the molecule is CC(C)C[C@H](NC(=O)[C@H](CCCNC=O)NC(=O)[C@@H](NC(=O)[C@@H](NC(=O)[C@H]1CCCN1C(=O)[C@H](CC(C)C)NC(=O)[C@H](CCCNC=O)NC(=O)[C@@H](N)C(C)C)C(c1ccccc1)c1ccccc1)C(C)C)C(=O)N1CCC[C@@H]1C(=O)N[C@H](C(=O)O)C(c1ccccc1)c1ccccc1. The van der Waals surface area contributed by atoms with Crippen LogP contribution in [0, 0.1) is 23.7 Å². The maximum atomic E-state index is 15.5. The van der Waals surface area contributed by atoms with Gasteiger partial charge in [0.05, 0.1) is 6.04 Å². The molecule has 25 nitrogen and oxygen atoms in total. The smallest absolute Gasteiger partial charge is 0.327 e. The third-order valence-electron chi connectivity index (χ3n) is 18.1. The number of hydrogen-bond acceptors (Lipinski definition) is 13. The van der Waals surface area contributed by atoms with Gasteiger partial charge in [-0.05, 0) is 110 Å². The highest BCUT2D eigenvalue weighted by molar-refractivity contribution is 5.99. The number of benzene rings is 4. The highest BCUT2D eigenvalue weighted by Crippen LogP contribution is 2.32. The molecule has 0 unspecified atom stereocenters. The Morgan fingerprint density at radius 1 is 0.444 bits per heavy atom. The molecule has 536 valence electrons. The van der Waals surface area contributed by atoms with Crippen LogP contribution in [0.25, 0.3) is 0 Å². The summed E-state index contributed by atoms with van der Waals surface area (Å²) in [6.45, 7) is 14.9. The summed E-state index contributed by atoms with van der Waals surface area (Å²) in [5.74, 6) is -10.3. The van der Waals surface area contributed by atoms with Crippen molar-refractivity contribution in [3.8, 4) is 0 Å². The monoisotopic (exact) mass is 1370 g/mol. The summed E-state index contributed by atoms with van der Waals surface area (Å²) in [7, 11) is 0. The molecule has 2 aliphatic heterocycles. The molecule has 4 aromatic carbocycles. The number of carboxylic acids is 1. The largest absolute Gasteiger partial charge is 0.480 e. The second kappa shape index (κ2) is 39.2. The van der Waals surface area contributed by atoms with Gasteiger partial charge >= 0.3 is 5.97 Å². The molecule has 12 N–H and O–H groups in total. The number of likely N-dealkylation sites (tertiary alicyclic amines) is 2. The fraction of sp³-hybridized carbons (Fsp3) is 0.514. The van der Waals surface area contributed by atoms with Crippen LogP contribution in [0.1, 0.15) is 154 Å². The van der Waals surface area contributed by atoms with Crippen LogP contribution in [0.5, 0.6) is 0 Å². The van der Waals surface area contributed by atoms with Gasteiger partial charge in [0.1, 0.15) is 54.4 Å². The van der Waals surface area contributed by atoms with Crippen LogP contribution in [0.15, 0.2) is 121 Å². The molecular formula is C74H102N12O13. The van der Waals surface area contributed by atoms with Gasteiger partial charge in [-0.25, -0.2) is 4.79 Å². The standard InChI is InChI=1S/C74H102N12O13/c1-45(2)41-55(80-65(89)53(33-21-37-76-43-87)78-69(93)61(75)47(5)6)72(96)85-39-23-35-57(85)67(91)83-63(59(49-25-13-9-14-26-49)50-27-15-10-16-28-50)71(95)82-62(48(7)8)70(94)79-54(34-22-38-77-44-88)66(90)81-56(42-46(3)4)73(97)86-40-24-36-58(86)68(92)84-64(74(98)99)60(51-29-17-11-18-30-51)52-31-19-12-20-32-52/h9-20,25-32,43-48,53-64H,21-24,33-42,75H2,1-8H3,(H,76,87)(H,77,88)(H,78,93)(H,79,94)(H,80,89)(H,81,90)(H,82,95)(H,83,91)(H,84,92)(H,98,99)/t53-,54-,55-,56-,57+,58+,61-,62-,63-,64-/m0/s1. The van der Waals surface area contributed by atoms with E-state index in [9.17, 15) is 53.1 Å². The lowest BCUT2D eigenvalue weighted by Gasteiger charge is -2.34. The van der Waals surface area contributed by atoms with Crippen molar-refractivity contribution in [2.45, 2.75) is 192 Å². The first-order valence-electron chi connectivity index (χ1n) is 34.6. The van der Waals surface area contributed by atoms with E-state index in [0.29, 0.717) is 54.3 Å². The Kier molecular flexibility index (Phi) is 31.0. The molecule has 0 radical (unpaired) electrons. The van der Waals surface area contributed by atoms with E-state index in [0.717, 1.165) is 0 Å². The second-order valence-corrected chi connectivity index (χ2v) is 27.2. The number of carbonyl (C=O) groups is 12. The van der Waals surface area contributed by atoms with Gasteiger partial charge in [-0.15, -0.1) is 0 Å². The normalized spacial score (nSPS) is 16.9. The summed E-state index contributed by atoms with van der Waals surface area (Å²) in [6, 6.07) is 23.5. The topological polar surface area (TPSA) is 366 Å². The Morgan fingerprint density at radius 2 is 0.788 bits per heavy atom. The van der Waals surface area contributed by atoms with Crippen molar-refractivity contribution in [2.24, 2.45) is 29.4 Å². The molecule has 0 spiro atoms. The van der Waals surface area contributed by atoms with Gasteiger partial charge in [-0.3, -0.25) is 52.7 Å². The number of nitrogens with one attached hydrogen (secondary N) is 9. The van der Waals surface area contributed by atoms with Gasteiger partial charge in [0.15, 0.2) is 0 Å². The van der Waals surface area contributed by atoms with E-state index < -0.39 is 137 Å². The molecule has 2 aliphatic rings. The summed E-state index contributed by atoms with van der Waals surface area (Å²) in [6.07, 6.45) is 2.98. The summed E-state index contributed by atoms with van der Waals surface area (Å²) >= 11 is 0. The number of carbonyl (C=O) groups excluding carboxylic acids is 11. The van der Waals surface area contributed by atoms with Crippen LogP contribution in [0.3, 0.4) is 0 Å². The first kappa shape index (κ1) is 78.5.